The molecule has 31 heavy (non-hydrogen) atoms. The predicted octanol–water partition coefficient (Wildman–Crippen LogP) is 8.06. The molecule has 2 N–H and O–H groups in total. The molecule has 0 atom stereocenters. The molecule has 0 heterocycles. The Balaban J connectivity index is 2.42. The minimum absolute atomic E-state index is 0.0000368. The maximum absolute atomic E-state index is 11.8. The minimum Gasteiger partial charge on any atom is -0.478 e. The van der Waals surface area contributed by atoms with Gasteiger partial charge in [-0.3, -0.25) is 0 Å². The quantitative estimate of drug-likeness (QED) is 0.217. The first-order chi connectivity index (χ1) is 15.0. The van der Waals surface area contributed by atoms with E-state index in [2.05, 4.69) is 13.8 Å². The van der Waals surface area contributed by atoms with E-state index in [0.29, 0.717) is 6.42 Å². The summed E-state index contributed by atoms with van der Waals surface area (Å²) in [6.07, 6.45) is 20.0. The van der Waals surface area contributed by atoms with Gasteiger partial charge in [0.1, 0.15) is 0 Å². The molecule has 1 aromatic carbocycles. The average molecular weight is 433 g/mol. The van der Waals surface area contributed by atoms with Gasteiger partial charge in [0.25, 0.3) is 0 Å². The molecule has 4 heteroatoms. The first kappa shape index (κ1) is 27.2. The van der Waals surface area contributed by atoms with Crippen molar-refractivity contribution in [3.63, 3.8) is 0 Å². The zero-order valence-electron chi connectivity index (χ0n) is 19.9. The molecule has 4 nitrogen and oxygen atoms in total. The number of carbonyl (C=O) groups is 2. The van der Waals surface area contributed by atoms with Gasteiger partial charge < -0.3 is 10.2 Å². The summed E-state index contributed by atoms with van der Waals surface area (Å²) in [7, 11) is 0. The number of unbranched alkanes of at least 4 members (excludes halogenated alkanes) is 13. The lowest BCUT2D eigenvalue weighted by Gasteiger charge is -2.15. The molecule has 176 valence electrons. The number of benzene rings is 1. The number of hydrogen-bond acceptors (Lipinski definition) is 2. The van der Waals surface area contributed by atoms with Crippen LogP contribution in [0.3, 0.4) is 0 Å². The lowest BCUT2D eigenvalue weighted by molar-refractivity contribution is 0.0650. The molecule has 1 aromatic rings. The first-order valence-electron chi connectivity index (χ1n) is 12.6. The number of rotatable bonds is 19. The van der Waals surface area contributed by atoms with Gasteiger partial charge in [0.2, 0.25) is 0 Å². The minimum atomic E-state index is -1.16. The van der Waals surface area contributed by atoms with Crippen LogP contribution in [0, 0.1) is 0 Å². The number of hydrogen-bond donors (Lipinski definition) is 2. The fraction of sp³-hybridized carbons (Fsp3) is 0.704. The first-order valence-corrected chi connectivity index (χ1v) is 12.6. The van der Waals surface area contributed by atoms with Crippen molar-refractivity contribution in [3.8, 4) is 0 Å². The van der Waals surface area contributed by atoms with Crippen LogP contribution in [-0.4, -0.2) is 22.2 Å². The highest BCUT2D eigenvalue weighted by atomic mass is 16.4. The van der Waals surface area contributed by atoms with Crippen molar-refractivity contribution in [2.75, 3.05) is 0 Å². The number of carboxylic acid groups (broad SMARTS) is 2. The largest absolute Gasteiger partial charge is 0.478 e. The van der Waals surface area contributed by atoms with Gasteiger partial charge in [-0.15, -0.1) is 0 Å². The van der Waals surface area contributed by atoms with Crippen molar-refractivity contribution >= 4 is 11.9 Å². The lowest BCUT2D eigenvalue weighted by atomic mass is 9.89. The molecule has 0 aliphatic heterocycles. The van der Waals surface area contributed by atoms with Crippen molar-refractivity contribution in [2.24, 2.45) is 0 Å². The molecule has 0 saturated carbocycles. The van der Waals surface area contributed by atoms with Crippen LogP contribution in [0.5, 0.6) is 0 Å². The summed E-state index contributed by atoms with van der Waals surface area (Å²) >= 11 is 0. The van der Waals surface area contributed by atoms with E-state index in [0.717, 1.165) is 43.2 Å². The summed E-state index contributed by atoms with van der Waals surface area (Å²) in [5, 5.41) is 19.1. The van der Waals surface area contributed by atoms with Crippen LogP contribution >= 0.6 is 0 Å². The second-order valence-electron chi connectivity index (χ2n) is 8.83. The van der Waals surface area contributed by atoms with E-state index >= 15 is 0 Å². The predicted molar refractivity (Wildman–Crippen MR) is 128 cm³/mol. The maximum Gasteiger partial charge on any atom is 0.336 e. The summed E-state index contributed by atoms with van der Waals surface area (Å²) in [4.78, 5) is 23.4. The summed E-state index contributed by atoms with van der Waals surface area (Å²) in [6.45, 7) is 4.36. The Bertz CT molecular complexity index is 651. The smallest absolute Gasteiger partial charge is 0.336 e. The summed E-state index contributed by atoms with van der Waals surface area (Å²) < 4.78 is 0. The van der Waals surface area contributed by atoms with Gasteiger partial charge >= 0.3 is 11.9 Å². The summed E-state index contributed by atoms with van der Waals surface area (Å²) in [6, 6.07) is 3.28. The zero-order valence-corrected chi connectivity index (χ0v) is 19.9. The van der Waals surface area contributed by atoms with Gasteiger partial charge in [-0.25, -0.2) is 9.59 Å². The fourth-order valence-electron chi connectivity index (χ4n) is 4.32. The molecule has 0 fully saturated rings. The molecule has 0 aliphatic carbocycles. The number of aromatic carboxylic acids is 2. The standard InChI is InChI=1S/C27H44O4/c1-3-5-7-8-9-10-11-12-13-14-15-16-17-19-23-22(18-6-4-2)20-21-24(26(28)29)25(23)27(30)31/h20-21H,3-19H2,1-2H3,(H,28,29)(H,30,31). The van der Waals surface area contributed by atoms with Crippen molar-refractivity contribution in [1.82, 2.24) is 0 Å². The maximum atomic E-state index is 11.8. The van der Waals surface area contributed by atoms with Gasteiger partial charge in [0.05, 0.1) is 11.1 Å². The van der Waals surface area contributed by atoms with Crippen LogP contribution in [0.2, 0.25) is 0 Å². The van der Waals surface area contributed by atoms with Gasteiger partial charge in [0.15, 0.2) is 0 Å². The van der Waals surface area contributed by atoms with Crippen molar-refractivity contribution in [2.45, 2.75) is 123 Å². The molecule has 0 aromatic heterocycles. The second kappa shape index (κ2) is 16.8. The van der Waals surface area contributed by atoms with Crippen LogP contribution in [0.15, 0.2) is 12.1 Å². The topological polar surface area (TPSA) is 74.6 Å². The fourth-order valence-corrected chi connectivity index (χ4v) is 4.32. The van der Waals surface area contributed by atoms with Crippen LogP contribution < -0.4 is 0 Å². The van der Waals surface area contributed by atoms with E-state index in [1.807, 2.05) is 6.07 Å². The van der Waals surface area contributed by atoms with E-state index in [-0.39, 0.29) is 11.1 Å². The Morgan fingerprint density at radius 1 is 0.613 bits per heavy atom. The van der Waals surface area contributed by atoms with E-state index in [4.69, 9.17) is 0 Å². The molecular formula is C27H44O4. The molecule has 0 unspecified atom stereocenters. The monoisotopic (exact) mass is 432 g/mol. The average Bonchev–Trinajstić information content (AvgIpc) is 2.75. The van der Waals surface area contributed by atoms with E-state index < -0.39 is 11.9 Å². The highest BCUT2D eigenvalue weighted by molar-refractivity contribution is 6.03. The molecular weight excluding hydrogens is 388 g/mol. The Kier molecular flexibility index (Phi) is 14.7. The molecule has 0 spiro atoms. The highest BCUT2D eigenvalue weighted by Gasteiger charge is 2.22. The molecule has 0 radical (unpaired) electrons. The summed E-state index contributed by atoms with van der Waals surface area (Å²) in [5.41, 5.74) is 1.66. The highest BCUT2D eigenvalue weighted by Crippen LogP contribution is 2.24. The second-order valence-corrected chi connectivity index (χ2v) is 8.83. The number of carboxylic acids is 2. The van der Waals surface area contributed by atoms with Crippen molar-refractivity contribution in [1.29, 1.82) is 0 Å². The molecule has 0 saturated heterocycles. The SMILES string of the molecule is CCCCCCCCCCCCCCCc1c(CCCC)ccc(C(=O)O)c1C(=O)O. The van der Waals surface area contributed by atoms with Gasteiger partial charge in [-0.1, -0.05) is 103 Å². The van der Waals surface area contributed by atoms with E-state index in [9.17, 15) is 19.8 Å². The van der Waals surface area contributed by atoms with Gasteiger partial charge in [0, 0.05) is 0 Å². The van der Waals surface area contributed by atoms with Gasteiger partial charge in [-0.05, 0) is 42.9 Å². The molecule has 0 amide bonds. The third-order valence-electron chi connectivity index (χ3n) is 6.18. The van der Waals surface area contributed by atoms with Crippen LogP contribution in [0.4, 0.5) is 0 Å². The Hall–Kier alpha value is -1.84. The van der Waals surface area contributed by atoms with Crippen LogP contribution in [0.1, 0.15) is 142 Å². The van der Waals surface area contributed by atoms with Crippen LogP contribution in [-0.2, 0) is 12.8 Å². The molecule has 0 aliphatic rings. The number of aryl methyl sites for hydroxylation is 1. The third-order valence-corrected chi connectivity index (χ3v) is 6.18. The van der Waals surface area contributed by atoms with E-state index in [1.54, 1.807) is 0 Å². The lowest BCUT2D eigenvalue weighted by Crippen LogP contribution is -2.14. The zero-order chi connectivity index (χ0) is 22.9. The molecule has 1 rings (SSSR count). The van der Waals surface area contributed by atoms with Gasteiger partial charge in [-0.2, -0.15) is 0 Å². The third kappa shape index (κ3) is 10.8. The Morgan fingerprint density at radius 2 is 1.10 bits per heavy atom. The van der Waals surface area contributed by atoms with Crippen molar-refractivity contribution in [3.05, 3.63) is 34.4 Å². The van der Waals surface area contributed by atoms with Crippen LogP contribution in [0.25, 0.3) is 0 Å². The summed E-state index contributed by atoms with van der Waals surface area (Å²) in [5.74, 6) is -2.29. The van der Waals surface area contributed by atoms with E-state index in [1.165, 1.54) is 76.7 Å². The Labute approximate surface area is 189 Å². The molecule has 0 bridgehead atoms. The van der Waals surface area contributed by atoms with Crippen molar-refractivity contribution < 1.29 is 19.8 Å². The normalized spacial score (nSPS) is 11.0. The Morgan fingerprint density at radius 3 is 1.55 bits per heavy atom.